The molecule has 6 aromatic rings. The van der Waals surface area contributed by atoms with E-state index in [4.69, 9.17) is 9.72 Å². The quantitative estimate of drug-likeness (QED) is 0.121. The lowest BCUT2D eigenvalue weighted by molar-refractivity contribution is -0.137. The summed E-state index contributed by atoms with van der Waals surface area (Å²) < 4.78 is 4.82. The molecule has 304 valence electrons. The highest BCUT2D eigenvalue weighted by Crippen LogP contribution is 2.36. The summed E-state index contributed by atoms with van der Waals surface area (Å²) >= 11 is 0. The van der Waals surface area contributed by atoms with Crippen LogP contribution in [0.5, 0.6) is 0 Å². The number of carbonyl (C=O) groups is 3. The molecule has 0 bridgehead atoms. The normalized spacial score (nSPS) is 17.2. The highest BCUT2D eigenvalue weighted by molar-refractivity contribution is 5.87. The molecule has 4 atom stereocenters. The second kappa shape index (κ2) is 17.9. The lowest BCUT2D eigenvalue weighted by Gasteiger charge is -2.31. The van der Waals surface area contributed by atoms with E-state index in [9.17, 15) is 14.4 Å². The monoisotopic (exact) mass is 800 g/mol. The summed E-state index contributed by atoms with van der Waals surface area (Å²) in [6.45, 7) is 1.26. The summed E-state index contributed by atoms with van der Waals surface area (Å²) in [6.07, 6.45) is 6.34. The van der Waals surface area contributed by atoms with Crippen LogP contribution in [0.1, 0.15) is 83.8 Å². The molecule has 0 unspecified atom stereocenters. The molecule has 12 heteroatoms. The molecule has 4 aromatic carbocycles. The van der Waals surface area contributed by atoms with Gasteiger partial charge in [-0.1, -0.05) is 96.8 Å². The van der Waals surface area contributed by atoms with Gasteiger partial charge in [-0.25, -0.2) is 14.8 Å². The minimum Gasteiger partial charge on any atom is -0.453 e. The van der Waals surface area contributed by atoms with Crippen LogP contribution >= 0.6 is 0 Å². The van der Waals surface area contributed by atoms with Crippen molar-refractivity contribution in [2.75, 3.05) is 34.3 Å². The number of ether oxygens (including phenoxy) is 1. The summed E-state index contributed by atoms with van der Waals surface area (Å²) in [4.78, 5) is 62.1. The Kier molecular flexibility index (Phi) is 11.9. The van der Waals surface area contributed by atoms with Gasteiger partial charge >= 0.3 is 6.09 Å². The Bertz CT molecular complexity index is 2490. The van der Waals surface area contributed by atoms with Crippen LogP contribution in [0.2, 0.25) is 0 Å². The zero-order valence-electron chi connectivity index (χ0n) is 34.0. The molecule has 3 N–H and O–H groups in total. The molecule has 0 radical (unpaired) electrons. The number of carbonyl (C=O) groups excluding carboxylic acids is 3. The van der Waals surface area contributed by atoms with Gasteiger partial charge in [0.15, 0.2) is 0 Å². The average molecular weight is 801 g/mol. The first-order valence-electron chi connectivity index (χ1n) is 20.3. The Balaban J connectivity index is 0.902. The minimum atomic E-state index is -0.875. The van der Waals surface area contributed by atoms with Crippen molar-refractivity contribution in [3.63, 3.8) is 0 Å². The summed E-state index contributed by atoms with van der Waals surface area (Å²) in [5.74, 6) is 7.94. The van der Waals surface area contributed by atoms with Crippen molar-refractivity contribution in [3.8, 4) is 34.4 Å². The van der Waals surface area contributed by atoms with E-state index in [1.165, 1.54) is 7.11 Å². The van der Waals surface area contributed by atoms with Crippen molar-refractivity contribution < 1.29 is 19.1 Å². The summed E-state index contributed by atoms with van der Waals surface area (Å²) in [7, 11) is 5.18. The minimum absolute atomic E-state index is 0.0892. The SMILES string of the molecule is COC(=O)N[C@@H](C(=O)N1CCC[C@H]1c1ncc(-c2ccc(C#Cc3ccc(-c4cnc([C@@H]5CCCN5C(=O)[C@@H](c5ccccc5)N(C)C)[nH]4)cc3)cc2)[nH]1)c1ccccc1. The number of hydrogen-bond acceptors (Lipinski definition) is 7. The van der Waals surface area contributed by atoms with Crippen LogP contribution in [0.15, 0.2) is 122 Å². The Morgan fingerprint density at radius 1 is 0.683 bits per heavy atom. The van der Waals surface area contributed by atoms with E-state index in [0.29, 0.717) is 24.5 Å². The van der Waals surface area contributed by atoms with Crippen molar-refractivity contribution in [2.45, 2.75) is 49.9 Å². The first-order chi connectivity index (χ1) is 29.3. The van der Waals surface area contributed by atoms with Crippen molar-refractivity contribution in [1.29, 1.82) is 0 Å². The lowest BCUT2D eigenvalue weighted by atomic mass is 10.0. The van der Waals surface area contributed by atoms with Gasteiger partial charge in [-0.3, -0.25) is 14.5 Å². The van der Waals surface area contributed by atoms with Crippen LogP contribution in [0.25, 0.3) is 22.5 Å². The highest BCUT2D eigenvalue weighted by Gasteiger charge is 2.38. The third-order valence-corrected chi connectivity index (χ3v) is 11.3. The van der Waals surface area contributed by atoms with Crippen molar-refractivity contribution in [3.05, 3.63) is 155 Å². The fourth-order valence-electron chi connectivity index (χ4n) is 8.28. The molecular formula is C48H48N8O4. The zero-order valence-corrected chi connectivity index (χ0v) is 34.0. The van der Waals surface area contributed by atoms with Crippen molar-refractivity contribution in [1.82, 2.24) is 40.0 Å². The third kappa shape index (κ3) is 8.58. The number of hydrogen-bond donors (Lipinski definition) is 3. The molecule has 2 aromatic heterocycles. The van der Waals surface area contributed by atoms with Gasteiger partial charge in [-0.15, -0.1) is 0 Å². The van der Waals surface area contributed by atoms with E-state index in [0.717, 1.165) is 70.7 Å². The standard InChI is InChI=1S/C48H48N8O4/c1-54(2)43(37-14-8-5-9-15-37)47(58)56-29-11-17-41(56)45-50-31-39(52-45)35-26-22-33(23-27-35)19-18-32-20-24-34(25-21-32)38-30-49-44(51-38)40-16-10-28-55(40)46(57)42(53-48(59)60-3)36-12-6-4-7-13-36/h4-9,12-15,20-27,30-31,40-43H,10-11,16-17,28-29H2,1-3H3,(H,49,51)(H,50,52)(H,53,59)/t40-,41-,42+,43+/m0/s1. The van der Waals surface area contributed by atoms with Crippen LogP contribution in [-0.4, -0.2) is 86.8 Å². The topological polar surface area (TPSA) is 140 Å². The van der Waals surface area contributed by atoms with Gasteiger partial charge in [0.1, 0.15) is 23.7 Å². The molecule has 3 amide bonds. The van der Waals surface area contributed by atoms with Gasteiger partial charge in [0, 0.05) is 24.2 Å². The smallest absolute Gasteiger partial charge is 0.407 e. The number of likely N-dealkylation sites (tertiary alicyclic amines) is 2. The molecule has 2 fully saturated rings. The van der Waals surface area contributed by atoms with E-state index in [1.54, 1.807) is 11.1 Å². The number of aromatic nitrogens is 4. The number of H-pyrrole nitrogens is 2. The van der Waals surface area contributed by atoms with E-state index < -0.39 is 12.1 Å². The van der Waals surface area contributed by atoms with Crippen molar-refractivity contribution >= 4 is 17.9 Å². The largest absolute Gasteiger partial charge is 0.453 e. The number of nitrogens with zero attached hydrogens (tertiary/aromatic N) is 5. The Labute approximate surface area is 350 Å². The van der Waals surface area contributed by atoms with Gasteiger partial charge in [0.2, 0.25) is 5.91 Å². The summed E-state index contributed by atoms with van der Waals surface area (Å²) in [6, 6.07) is 33.6. The Hall–Kier alpha value is -6.97. The summed E-state index contributed by atoms with van der Waals surface area (Å²) in [5, 5.41) is 2.71. The van der Waals surface area contributed by atoms with Crippen LogP contribution in [0, 0.1) is 11.8 Å². The maximum absolute atomic E-state index is 13.9. The number of benzene rings is 4. The van der Waals surface area contributed by atoms with Crippen molar-refractivity contribution in [2.24, 2.45) is 0 Å². The molecule has 2 saturated heterocycles. The fourth-order valence-corrected chi connectivity index (χ4v) is 8.28. The van der Waals surface area contributed by atoms with E-state index in [2.05, 4.69) is 32.1 Å². The number of imidazole rings is 2. The molecular weight excluding hydrogens is 753 g/mol. The number of likely N-dealkylation sites (N-methyl/N-ethyl adjacent to an activating group) is 1. The molecule has 2 aliphatic rings. The van der Waals surface area contributed by atoms with E-state index >= 15 is 0 Å². The molecule has 0 spiro atoms. The van der Waals surface area contributed by atoms with Crippen LogP contribution < -0.4 is 5.32 Å². The fraction of sp³-hybridized carbons (Fsp3) is 0.271. The van der Waals surface area contributed by atoms with Gasteiger partial charge in [-0.2, -0.15) is 0 Å². The highest BCUT2D eigenvalue weighted by atomic mass is 16.5. The maximum atomic E-state index is 13.9. The number of amides is 3. The number of methoxy groups -OCH3 is 1. The van der Waals surface area contributed by atoms with Gasteiger partial charge < -0.3 is 29.8 Å². The average Bonchev–Trinajstić information content (AvgIpc) is 4.13. The lowest BCUT2D eigenvalue weighted by Crippen LogP contribution is -2.42. The van der Waals surface area contributed by atoms with Gasteiger partial charge in [0.05, 0.1) is 43.0 Å². The van der Waals surface area contributed by atoms with Gasteiger partial charge in [-0.05, 0) is 86.3 Å². The molecule has 8 rings (SSSR count). The first kappa shape index (κ1) is 39.8. The molecule has 60 heavy (non-hydrogen) atoms. The first-order valence-corrected chi connectivity index (χ1v) is 20.3. The molecule has 0 saturated carbocycles. The maximum Gasteiger partial charge on any atom is 0.407 e. The molecule has 12 nitrogen and oxygen atoms in total. The predicted octanol–water partition coefficient (Wildman–Crippen LogP) is 7.59. The Morgan fingerprint density at radius 3 is 1.62 bits per heavy atom. The third-order valence-electron chi connectivity index (χ3n) is 11.3. The summed E-state index contributed by atoms with van der Waals surface area (Å²) in [5.41, 5.74) is 7.10. The molecule has 2 aliphatic heterocycles. The number of alkyl carbamates (subject to hydrolysis) is 1. The number of rotatable bonds is 10. The van der Waals surface area contributed by atoms with E-state index in [1.807, 2.05) is 139 Å². The number of nitrogens with one attached hydrogen (secondary N) is 3. The predicted molar refractivity (Wildman–Crippen MR) is 229 cm³/mol. The second-order valence-corrected chi connectivity index (χ2v) is 15.4. The van der Waals surface area contributed by atoms with Gasteiger partial charge in [0.25, 0.3) is 5.91 Å². The van der Waals surface area contributed by atoms with Crippen LogP contribution in [0.4, 0.5) is 4.79 Å². The zero-order chi connectivity index (χ0) is 41.6. The molecule has 4 heterocycles. The molecule has 0 aliphatic carbocycles. The van der Waals surface area contributed by atoms with Crippen LogP contribution in [0.3, 0.4) is 0 Å². The second-order valence-electron chi connectivity index (χ2n) is 15.4. The van der Waals surface area contributed by atoms with E-state index in [-0.39, 0.29) is 29.9 Å². The van der Waals surface area contributed by atoms with Crippen LogP contribution in [-0.2, 0) is 14.3 Å². The number of aromatic amines is 2. The Morgan fingerprint density at radius 2 is 1.15 bits per heavy atom.